The summed E-state index contributed by atoms with van der Waals surface area (Å²) >= 11 is 0. The number of rotatable bonds is 1. The quantitative estimate of drug-likeness (QED) is 0.623. The predicted octanol–water partition coefficient (Wildman–Crippen LogP) is -1.25. The highest BCUT2D eigenvalue weighted by atomic mass is 35.5. The molecule has 1 saturated heterocycles. The topological polar surface area (TPSA) is 4.44 Å². The van der Waals surface area contributed by atoms with Crippen molar-refractivity contribution >= 4 is 0 Å². The van der Waals surface area contributed by atoms with E-state index in [-0.39, 0.29) is 12.4 Å². The van der Waals surface area contributed by atoms with Crippen molar-refractivity contribution in [2.24, 2.45) is 0 Å². The fourth-order valence-corrected chi connectivity index (χ4v) is 3.36. The number of nitrogens with one attached hydrogen (secondary N) is 1. The lowest BCUT2D eigenvalue weighted by Gasteiger charge is -2.30. The molecule has 16 heavy (non-hydrogen) atoms. The van der Waals surface area contributed by atoms with Crippen LogP contribution in [0.2, 0.25) is 0 Å². The molecule has 0 spiro atoms. The van der Waals surface area contributed by atoms with Crippen molar-refractivity contribution in [2.45, 2.75) is 38.1 Å². The molecular formula is C14H20ClN. The fraction of sp³-hybridized carbons (Fsp3) is 0.571. The van der Waals surface area contributed by atoms with Gasteiger partial charge < -0.3 is 17.3 Å². The lowest BCUT2D eigenvalue weighted by atomic mass is 9.87. The van der Waals surface area contributed by atoms with E-state index in [1.165, 1.54) is 45.2 Å². The van der Waals surface area contributed by atoms with E-state index in [0.717, 1.165) is 6.04 Å². The summed E-state index contributed by atoms with van der Waals surface area (Å²) in [6.07, 6.45) is 6.99. The van der Waals surface area contributed by atoms with E-state index in [2.05, 4.69) is 24.3 Å². The average Bonchev–Trinajstić information content (AvgIpc) is 2.82. The lowest BCUT2D eigenvalue weighted by molar-refractivity contribution is -0.920. The lowest BCUT2D eigenvalue weighted by Crippen LogP contribution is -3.10. The van der Waals surface area contributed by atoms with Crippen molar-refractivity contribution in [3.8, 4) is 0 Å². The van der Waals surface area contributed by atoms with Crippen LogP contribution in [0.5, 0.6) is 0 Å². The Hall–Kier alpha value is -0.530. The Morgan fingerprint density at radius 3 is 2.56 bits per heavy atom. The van der Waals surface area contributed by atoms with Gasteiger partial charge in [-0.25, -0.2) is 0 Å². The van der Waals surface area contributed by atoms with Gasteiger partial charge in [0, 0.05) is 24.8 Å². The van der Waals surface area contributed by atoms with Gasteiger partial charge in [-0.15, -0.1) is 0 Å². The van der Waals surface area contributed by atoms with E-state index in [1.54, 1.807) is 11.1 Å². The van der Waals surface area contributed by atoms with Gasteiger partial charge in [0.15, 0.2) is 0 Å². The molecule has 0 saturated carbocycles. The zero-order chi connectivity index (χ0) is 10.1. The molecule has 2 aliphatic rings. The molecule has 0 radical (unpaired) electrons. The standard InChI is InChI=1S/C14H19N.ClH/c1-2-8-13-12(6-1)7-5-9-14(13)15-10-3-4-11-15;/h1-2,6,8,14H,3-5,7,9-11H2;1H/t14-;/m1./s1. The zero-order valence-corrected chi connectivity index (χ0v) is 10.5. The van der Waals surface area contributed by atoms with E-state index in [9.17, 15) is 0 Å². The summed E-state index contributed by atoms with van der Waals surface area (Å²) in [4.78, 5) is 1.85. The van der Waals surface area contributed by atoms with Gasteiger partial charge in [-0.1, -0.05) is 24.3 Å². The first-order valence-corrected chi connectivity index (χ1v) is 6.37. The highest BCUT2D eigenvalue weighted by molar-refractivity contribution is 5.30. The van der Waals surface area contributed by atoms with E-state index >= 15 is 0 Å². The molecule has 3 rings (SSSR count). The van der Waals surface area contributed by atoms with Crippen LogP contribution in [0.3, 0.4) is 0 Å². The summed E-state index contributed by atoms with van der Waals surface area (Å²) in [6, 6.07) is 9.92. The van der Waals surface area contributed by atoms with Crippen LogP contribution in [0.4, 0.5) is 0 Å². The molecule has 88 valence electrons. The smallest absolute Gasteiger partial charge is 0.113 e. The van der Waals surface area contributed by atoms with Crippen molar-refractivity contribution in [1.29, 1.82) is 0 Å². The maximum Gasteiger partial charge on any atom is 0.113 e. The van der Waals surface area contributed by atoms with Crippen molar-refractivity contribution in [3.05, 3.63) is 35.4 Å². The third-order valence-corrected chi connectivity index (χ3v) is 4.11. The van der Waals surface area contributed by atoms with Crippen LogP contribution in [0, 0.1) is 0 Å². The molecule has 1 aromatic carbocycles. The SMILES string of the molecule is [Cl-].c1ccc2c(c1)CCC[C@H]2[NH+]1CCCC1. The molecule has 1 aliphatic carbocycles. The zero-order valence-electron chi connectivity index (χ0n) is 9.71. The van der Waals surface area contributed by atoms with Crippen LogP contribution >= 0.6 is 0 Å². The molecule has 1 aromatic rings. The maximum atomic E-state index is 2.37. The van der Waals surface area contributed by atoms with Crippen molar-refractivity contribution in [2.75, 3.05) is 13.1 Å². The second-order valence-corrected chi connectivity index (χ2v) is 5.01. The van der Waals surface area contributed by atoms with Crippen LogP contribution in [0.1, 0.15) is 42.9 Å². The molecule has 0 unspecified atom stereocenters. The summed E-state index contributed by atoms with van der Waals surface area (Å²) in [7, 11) is 0. The molecule has 1 N–H and O–H groups in total. The molecule has 1 fully saturated rings. The molecule has 0 bridgehead atoms. The minimum atomic E-state index is 0. The average molecular weight is 238 g/mol. The first-order chi connectivity index (χ1) is 7.45. The van der Waals surface area contributed by atoms with Gasteiger partial charge in [0.1, 0.15) is 6.04 Å². The Balaban J connectivity index is 0.000000963. The normalized spacial score (nSPS) is 24.9. The van der Waals surface area contributed by atoms with Gasteiger partial charge in [0.05, 0.1) is 13.1 Å². The van der Waals surface area contributed by atoms with Gasteiger partial charge in [-0.3, -0.25) is 0 Å². The van der Waals surface area contributed by atoms with Crippen LogP contribution in [0.15, 0.2) is 24.3 Å². The largest absolute Gasteiger partial charge is 1.00 e. The molecule has 0 amide bonds. The van der Waals surface area contributed by atoms with E-state index in [0.29, 0.717) is 0 Å². The Labute approximate surface area is 104 Å². The van der Waals surface area contributed by atoms with Gasteiger partial charge in [0.2, 0.25) is 0 Å². The number of aryl methyl sites for hydroxylation is 1. The number of hydrogen-bond donors (Lipinski definition) is 1. The molecule has 1 heterocycles. The maximum absolute atomic E-state index is 2.37. The van der Waals surface area contributed by atoms with E-state index in [4.69, 9.17) is 0 Å². The monoisotopic (exact) mass is 237 g/mol. The Morgan fingerprint density at radius 2 is 1.75 bits per heavy atom. The summed E-state index contributed by atoms with van der Waals surface area (Å²) in [5.74, 6) is 0. The second kappa shape index (κ2) is 5.20. The first kappa shape index (κ1) is 11.9. The van der Waals surface area contributed by atoms with Crippen LogP contribution in [-0.4, -0.2) is 13.1 Å². The van der Waals surface area contributed by atoms with Gasteiger partial charge in [-0.2, -0.15) is 0 Å². The number of benzene rings is 1. The summed E-state index contributed by atoms with van der Waals surface area (Å²) < 4.78 is 0. The predicted molar refractivity (Wildman–Crippen MR) is 62.1 cm³/mol. The number of hydrogen-bond acceptors (Lipinski definition) is 0. The van der Waals surface area contributed by atoms with Gasteiger partial charge in [-0.05, 0) is 18.4 Å². The van der Waals surface area contributed by atoms with Crippen molar-refractivity contribution in [3.63, 3.8) is 0 Å². The second-order valence-electron chi connectivity index (χ2n) is 5.01. The highest BCUT2D eigenvalue weighted by Gasteiger charge is 2.30. The van der Waals surface area contributed by atoms with Crippen LogP contribution in [0.25, 0.3) is 0 Å². The number of quaternary nitrogens is 1. The minimum absolute atomic E-state index is 0. The molecule has 0 aromatic heterocycles. The van der Waals surface area contributed by atoms with E-state index < -0.39 is 0 Å². The summed E-state index contributed by atoms with van der Waals surface area (Å²) in [5, 5.41) is 0. The Kier molecular flexibility index (Phi) is 3.88. The number of fused-ring (bicyclic) bond motifs is 1. The molecule has 1 atom stereocenters. The number of likely N-dealkylation sites (tertiary alicyclic amines) is 1. The third-order valence-electron chi connectivity index (χ3n) is 4.11. The summed E-state index contributed by atoms with van der Waals surface area (Å²) in [5.41, 5.74) is 3.27. The molecule has 1 nitrogen and oxygen atoms in total. The highest BCUT2D eigenvalue weighted by Crippen LogP contribution is 2.27. The van der Waals surface area contributed by atoms with Gasteiger partial charge >= 0.3 is 0 Å². The van der Waals surface area contributed by atoms with E-state index in [1.807, 2.05) is 4.90 Å². The Bertz CT molecular complexity index is 344. The van der Waals surface area contributed by atoms with Gasteiger partial charge in [0.25, 0.3) is 0 Å². The summed E-state index contributed by atoms with van der Waals surface area (Å²) in [6.45, 7) is 2.80. The third kappa shape index (κ3) is 2.11. The first-order valence-electron chi connectivity index (χ1n) is 6.37. The number of halogens is 1. The Morgan fingerprint density at radius 1 is 1.00 bits per heavy atom. The fourth-order valence-electron chi connectivity index (χ4n) is 3.36. The molecule has 2 heteroatoms. The van der Waals surface area contributed by atoms with Crippen molar-refractivity contribution in [1.82, 2.24) is 0 Å². The van der Waals surface area contributed by atoms with Crippen LogP contribution < -0.4 is 17.3 Å². The van der Waals surface area contributed by atoms with Crippen molar-refractivity contribution < 1.29 is 17.3 Å². The minimum Gasteiger partial charge on any atom is -1.00 e. The molecular weight excluding hydrogens is 218 g/mol. The molecule has 1 aliphatic heterocycles. The van der Waals surface area contributed by atoms with Crippen LogP contribution in [-0.2, 0) is 6.42 Å².